The Balaban J connectivity index is 2.06. The molecule has 3 rings (SSSR count). The Morgan fingerprint density at radius 2 is 1.37 bits per heavy atom. The molecular weight excluding hydrogens is 401 g/mol. The van der Waals surface area contributed by atoms with Gasteiger partial charge in [-0.1, -0.05) is 95.5 Å². The summed E-state index contributed by atoms with van der Waals surface area (Å²) in [5.41, 5.74) is 3.01. The fraction of sp³-hybridized carbons (Fsp3) is 0.182. The van der Waals surface area contributed by atoms with E-state index in [-0.39, 0.29) is 0 Å². The highest BCUT2D eigenvalue weighted by atomic mass is 35.6. The molecule has 0 aliphatic rings. The zero-order chi connectivity index (χ0) is 19.3. The Hall–Kier alpha value is -1.87. The van der Waals surface area contributed by atoms with Gasteiger partial charge < -0.3 is 9.64 Å². The second-order valence-corrected chi connectivity index (χ2v) is 8.54. The Morgan fingerprint density at radius 3 is 1.89 bits per heavy atom. The lowest BCUT2D eigenvalue weighted by Gasteiger charge is -2.38. The summed E-state index contributed by atoms with van der Waals surface area (Å²) >= 11 is 19.4. The molecule has 0 aromatic heterocycles. The van der Waals surface area contributed by atoms with Crippen molar-refractivity contribution in [1.29, 1.82) is 0 Å². The van der Waals surface area contributed by atoms with Crippen LogP contribution in [0, 0.1) is 0 Å². The smallest absolute Gasteiger partial charge is 0.214 e. The van der Waals surface area contributed by atoms with Crippen molar-refractivity contribution in [2.24, 2.45) is 0 Å². The van der Waals surface area contributed by atoms with E-state index < -0.39 is 9.83 Å². The molecule has 0 amide bonds. The van der Waals surface area contributed by atoms with Crippen LogP contribution in [0.1, 0.15) is 17.2 Å². The maximum Gasteiger partial charge on any atom is 0.214 e. The summed E-state index contributed by atoms with van der Waals surface area (Å²) in [5.74, 6) is 0.760. The predicted molar refractivity (Wildman–Crippen MR) is 115 cm³/mol. The fourth-order valence-electron chi connectivity index (χ4n) is 3.06. The average Bonchev–Trinajstić information content (AvgIpc) is 2.68. The van der Waals surface area contributed by atoms with Crippen molar-refractivity contribution in [3.63, 3.8) is 0 Å². The van der Waals surface area contributed by atoms with Crippen molar-refractivity contribution in [2.75, 3.05) is 12.0 Å². The molecule has 0 fully saturated rings. The number of nitrogens with zero attached hydrogens (tertiary/aromatic N) is 1. The molecule has 0 saturated carbocycles. The normalized spacial score (nSPS) is 12.4. The predicted octanol–water partition coefficient (Wildman–Crippen LogP) is 6.81. The lowest BCUT2D eigenvalue weighted by atomic mass is 10.0. The summed E-state index contributed by atoms with van der Waals surface area (Å²) in [5, 5.41) is 0. The quantitative estimate of drug-likeness (QED) is 0.406. The van der Waals surface area contributed by atoms with Gasteiger partial charge in [0.15, 0.2) is 0 Å². The Bertz CT molecular complexity index is 833. The number of para-hydroxylation sites is 1. The molecule has 2 nitrogen and oxygen atoms in total. The zero-order valence-corrected chi connectivity index (χ0v) is 17.1. The molecule has 0 N–H and O–H groups in total. The van der Waals surface area contributed by atoms with Gasteiger partial charge in [-0.3, -0.25) is 0 Å². The molecule has 0 heterocycles. The molecule has 3 aromatic rings. The first-order chi connectivity index (χ1) is 13.0. The number of hydrogen-bond acceptors (Lipinski definition) is 2. The maximum atomic E-state index is 6.48. The highest BCUT2D eigenvalue weighted by molar-refractivity contribution is 6.68. The van der Waals surface area contributed by atoms with E-state index >= 15 is 0 Å². The van der Waals surface area contributed by atoms with Crippen LogP contribution < -0.4 is 9.64 Å². The molecule has 140 valence electrons. The van der Waals surface area contributed by atoms with Crippen LogP contribution in [-0.4, -0.2) is 10.9 Å². The van der Waals surface area contributed by atoms with Crippen molar-refractivity contribution in [3.05, 3.63) is 96.1 Å². The van der Waals surface area contributed by atoms with Crippen LogP contribution in [-0.2, 0) is 6.54 Å². The van der Waals surface area contributed by atoms with Gasteiger partial charge in [-0.2, -0.15) is 0 Å². The van der Waals surface area contributed by atoms with Gasteiger partial charge in [-0.05, 0) is 35.4 Å². The maximum absolute atomic E-state index is 6.48. The number of ether oxygens (including phenoxy) is 1. The van der Waals surface area contributed by atoms with E-state index in [4.69, 9.17) is 39.5 Å². The highest BCUT2D eigenvalue weighted by Crippen LogP contribution is 2.46. The van der Waals surface area contributed by atoms with Gasteiger partial charge in [0.25, 0.3) is 0 Å². The first-order valence-corrected chi connectivity index (χ1v) is 9.68. The van der Waals surface area contributed by atoms with Gasteiger partial charge in [0.2, 0.25) is 3.79 Å². The molecule has 0 saturated heterocycles. The number of rotatable bonds is 6. The number of benzene rings is 3. The van der Waals surface area contributed by atoms with E-state index in [0.717, 1.165) is 22.6 Å². The molecule has 0 radical (unpaired) electrons. The first kappa shape index (κ1) is 19.9. The third-order valence-electron chi connectivity index (χ3n) is 4.34. The highest BCUT2D eigenvalue weighted by Gasteiger charge is 2.39. The van der Waals surface area contributed by atoms with Crippen molar-refractivity contribution >= 4 is 40.5 Å². The first-order valence-electron chi connectivity index (χ1n) is 8.55. The van der Waals surface area contributed by atoms with E-state index in [1.54, 1.807) is 7.11 Å². The molecule has 3 aromatic carbocycles. The molecule has 5 heteroatoms. The van der Waals surface area contributed by atoms with Crippen molar-refractivity contribution < 1.29 is 4.74 Å². The largest absolute Gasteiger partial charge is 0.497 e. The van der Waals surface area contributed by atoms with Gasteiger partial charge >= 0.3 is 0 Å². The number of methoxy groups -OCH3 is 1. The molecule has 0 aliphatic carbocycles. The third kappa shape index (κ3) is 5.10. The van der Waals surface area contributed by atoms with Crippen LogP contribution in [0.5, 0.6) is 5.75 Å². The minimum atomic E-state index is -1.53. The minimum Gasteiger partial charge on any atom is -0.497 e. The standard InChI is InChI=1S/C22H20Cl3NO/c1-27-20-14-12-18(13-15-20)21(22(23,24)25)26(19-10-6-3-7-11-19)16-17-8-4-2-5-9-17/h2-15,21H,16H2,1H3. The van der Waals surface area contributed by atoms with Gasteiger partial charge in [0, 0.05) is 12.2 Å². The Labute approximate surface area is 175 Å². The second kappa shape index (κ2) is 8.88. The summed E-state index contributed by atoms with van der Waals surface area (Å²) in [6.45, 7) is 0.607. The van der Waals surface area contributed by atoms with E-state index in [1.165, 1.54) is 0 Å². The van der Waals surface area contributed by atoms with Gasteiger partial charge in [0.1, 0.15) is 11.8 Å². The van der Waals surface area contributed by atoms with Gasteiger partial charge in [0.05, 0.1) is 7.11 Å². The lowest BCUT2D eigenvalue weighted by molar-refractivity contribution is 0.414. The van der Waals surface area contributed by atoms with Crippen LogP contribution >= 0.6 is 34.8 Å². The van der Waals surface area contributed by atoms with Gasteiger partial charge in [-0.25, -0.2) is 0 Å². The molecule has 0 spiro atoms. The number of halogens is 3. The van der Waals surface area contributed by atoms with Crippen LogP contribution in [0.4, 0.5) is 5.69 Å². The number of anilines is 1. The molecule has 0 aliphatic heterocycles. The zero-order valence-electron chi connectivity index (χ0n) is 14.9. The summed E-state index contributed by atoms with van der Waals surface area (Å²) in [4.78, 5) is 2.12. The summed E-state index contributed by atoms with van der Waals surface area (Å²) in [6, 6.07) is 27.3. The van der Waals surface area contributed by atoms with Crippen molar-refractivity contribution in [2.45, 2.75) is 16.4 Å². The summed E-state index contributed by atoms with van der Waals surface area (Å²) in [6.07, 6.45) is 0. The van der Waals surface area contributed by atoms with Crippen LogP contribution in [0.25, 0.3) is 0 Å². The van der Waals surface area contributed by atoms with Crippen LogP contribution in [0.3, 0.4) is 0 Å². The van der Waals surface area contributed by atoms with Gasteiger partial charge in [-0.15, -0.1) is 0 Å². The molecule has 1 unspecified atom stereocenters. The van der Waals surface area contributed by atoms with Crippen LogP contribution in [0.15, 0.2) is 84.9 Å². The van der Waals surface area contributed by atoms with E-state index in [0.29, 0.717) is 6.54 Å². The van der Waals surface area contributed by atoms with Crippen molar-refractivity contribution in [1.82, 2.24) is 0 Å². The minimum absolute atomic E-state index is 0.476. The van der Waals surface area contributed by atoms with Crippen LogP contribution in [0.2, 0.25) is 0 Å². The lowest BCUT2D eigenvalue weighted by Crippen LogP contribution is -2.36. The molecule has 1 atom stereocenters. The monoisotopic (exact) mass is 419 g/mol. The van der Waals surface area contributed by atoms with Crippen molar-refractivity contribution in [3.8, 4) is 5.75 Å². The topological polar surface area (TPSA) is 12.5 Å². The molecular formula is C22H20Cl3NO. The summed E-state index contributed by atoms with van der Waals surface area (Å²) in [7, 11) is 1.63. The Morgan fingerprint density at radius 1 is 0.815 bits per heavy atom. The number of hydrogen-bond donors (Lipinski definition) is 0. The van der Waals surface area contributed by atoms with E-state index in [9.17, 15) is 0 Å². The third-order valence-corrected chi connectivity index (χ3v) is 4.96. The molecule has 27 heavy (non-hydrogen) atoms. The number of alkyl halides is 3. The molecule has 0 bridgehead atoms. The SMILES string of the molecule is COc1ccc(C(N(Cc2ccccc2)c2ccccc2)C(Cl)(Cl)Cl)cc1. The fourth-order valence-corrected chi connectivity index (χ4v) is 3.79. The summed E-state index contributed by atoms with van der Waals surface area (Å²) < 4.78 is 3.73. The Kier molecular flexibility index (Phi) is 6.54. The average molecular weight is 421 g/mol. The second-order valence-electron chi connectivity index (χ2n) is 6.17. The van der Waals surface area contributed by atoms with E-state index in [2.05, 4.69) is 17.0 Å². The van der Waals surface area contributed by atoms with E-state index in [1.807, 2.05) is 72.8 Å².